The Morgan fingerprint density at radius 2 is 1.29 bits per heavy atom. The normalized spacial score (nSPS) is 15.8. The fraction of sp³-hybridized carbons (Fsp3) is 0.333. The summed E-state index contributed by atoms with van der Waals surface area (Å²) in [5.74, 6) is -0.167. The minimum atomic E-state index is -0.768. The van der Waals surface area contributed by atoms with Gasteiger partial charge >= 0.3 is 17.6 Å². The fourth-order valence-electron chi connectivity index (χ4n) is 13.1. The number of Topliss-reactive ketones (excluding diaryl/α,β-unsaturated/α-hetero) is 1. The molecule has 3 aliphatic heterocycles. The molecule has 109 heavy (non-hydrogen) atoms. The molecule has 0 aliphatic carbocycles. The second-order valence-electron chi connectivity index (χ2n) is 26.0. The third kappa shape index (κ3) is 20.5. The number of para-hydroxylation sites is 1. The molecule has 31 heteroatoms. The van der Waals surface area contributed by atoms with Crippen LogP contribution in [0.5, 0.6) is 5.75 Å². The molecule has 5 atom stereocenters. The molecule has 25 nitrogen and oxygen atoms in total. The average Bonchev–Trinajstić information content (AvgIpc) is 1.62. The number of nitrogens with one attached hydrogen (secondary N) is 1. The molecule has 12 rings (SSSR count). The third-order valence-corrected chi connectivity index (χ3v) is 20.6. The van der Waals surface area contributed by atoms with Crippen LogP contribution < -0.4 is 29.7 Å². The number of carbonyl (C=O) groups is 6. The van der Waals surface area contributed by atoms with Crippen LogP contribution in [0.15, 0.2) is 168 Å². The van der Waals surface area contributed by atoms with E-state index in [4.69, 9.17) is 76.7 Å². The summed E-state index contributed by atoms with van der Waals surface area (Å²) in [6.45, 7) is 3.38. The monoisotopic (exact) mass is 1600 g/mol. The van der Waals surface area contributed by atoms with Crippen molar-refractivity contribution in [1.29, 1.82) is 0 Å². The second-order valence-corrected chi connectivity index (χ2v) is 28.8. The number of piperazine rings is 1. The maximum absolute atomic E-state index is 13.4. The summed E-state index contributed by atoms with van der Waals surface area (Å²) in [5.41, 5.74) is 6.47. The summed E-state index contributed by atoms with van der Waals surface area (Å²) in [7, 11) is 15.6. The number of esters is 2. The molecule has 3 aromatic heterocycles. The second kappa shape index (κ2) is 38.9. The van der Waals surface area contributed by atoms with E-state index in [1.54, 1.807) is 47.4 Å². The van der Waals surface area contributed by atoms with Gasteiger partial charge in [0.05, 0.1) is 55.0 Å². The van der Waals surface area contributed by atoms with Gasteiger partial charge in [0.1, 0.15) is 29.6 Å². The van der Waals surface area contributed by atoms with Gasteiger partial charge in [0.15, 0.2) is 5.78 Å². The summed E-state index contributed by atoms with van der Waals surface area (Å²) in [4.78, 5) is 113. The number of nitro groups is 1. The Balaban J connectivity index is 0.000000172. The zero-order chi connectivity index (χ0) is 78.8. The van der Waals surface area contributed by atoms with Gasteiger partial charge in [-0.05, 0) is 119 Å². The number of aromatic nitrogens is 4. The van der Waals surface area contributed by atoms with E-state index in [-0.39, 0.29) is 64.5 Å². The van der Waals surface area contributed by atoms with E-state index in [9.17, 15) is 38.9 Å². The predicted octanol–water partition coefficient (Wildman–Crippen LogP) is 14.2. The fourth-order valence-corrected chi connectivity index (χ4v) is 14.7. The van der Waals surface area contributed by atoms with Crippen molar-refractivity contribution in [2.45, 2.75) is 68.7 Å². The first kappa shape index (κ1) is 83.1. The quantitative estimate of drug-likeness (QED) is 0.0286. The van der Waals surface area contributed by atoms with Crippen molar-refractivity contribution >= 4 is 140 Å². The van der Waals surface area contributed by atoms with E-state index < -0.39 is 40.9 Å². The molecule has 574 valence electrons. The molecular formula is C78H84Cl5N13O12S. The van der Waals surface area contributed by atoms with Crippen LogP contribution in [-0.2, 0) is 35.1 Å². The number of aryl methyl sites for hydroxylation is 2. The third-order valence-electron chi connectivity index (χ3n) is 18.4. The van der Waals surface area contributed by atoms with Crippen LogP contribution in [0.25, 0.3) is 0 Å². The number of rotatable bonds is 22. The molecular weight excluding hydrogens is 1520 g/mol. The van der Waals surface area contributed by atoms with Crippen molar-refractivity contribution in [3.8, 4) is 5.75 Å². The summed E-state index contributed by atoms with van der Waals surface area (Å²) >= 11 is 31.8. The Morgan fingerprint density at radius 1 is 0.706 bits per heavy atom. The lowest BCUT2D eigenvalue weighted by atomic mass is 9.77. The molecule has 3 aliphatic rings. The number of ketones is 1. The van der Waals surface area contributed by atoms with Crippen LogP contribution in [0.2, 0.25) is 15.1 Å². The van der Waals surface area contributed by atoms with Crippen molar-refractivity contribution in [2.75, 3.05) is 126 Å². The van der Waals surface area contributed by atoms with Gasteiger partial charge in [-0.25, -0.2) is 9.59 Å². The van der Waals surface area contributed by atoms with E-state index in [0.717, 1.165) is 39.2 Å². The van der Waals surface area contributed by atoms with Gasteiger partial charge in [0.25, 0.3) is 5.91 Å². The lowest BCUT2D eigenvalue weighted by molar-refractivity contribution is -0.386. The Labute approximate surface area is 661 Å². The Kier molecular flexibility index (Phi) is 29.7. The number of hydrogen-bond acceptors (Lipinski definition) is 22. The zero-order valence-electron chi connectivity index (χ0n) is 61.7. The Morgan fingerprint density at radius 3 is 1.81 bits per heavy atom. The molecule has 0 radical (unpaired) electrons. The maximum atomic E-state index is 13.4. The molecule has 3 amide bonds. The Hall–Kier alpha value is -9.93. The Bertz CT molecular complexity index is 4490. The van der Waals surface area contributed by atoms with Gasteiger partial charge in [-0.1, -0.05) is 131 Å². The van der Waals surface area contributed by atoms with Crippen LogP contribution in [-0.4, -0.2) is 189 Å². The highest BCUT2D eigenvalue weighted by atomic mass is 35.5. The smallest absolute Gasteiger partial charge is 0.344 e. The largest absolute Gasteiger partial charge is 0.495 e. The minimum absolute atomic E-state index is 0.00459. The number of hydrogen-bond donors (Lipinski definition) is 1. The highest BCUT2D eigenvalue weighted by Gasteiger charge is 2.52. The first-order chi connectivity index (χ1) is 52.3. The number of piperidine rings is 1. The molecule has 9 aromatic rings. The van der Waals surface area contributed by atoms with Crippen LogP contribution in [0.3, 0.4) is 0 Å². The van der Waals surface area contributed by atoms with Gasteiger partial charge in [0, 0.05) is 114 Å². The molecule has 3 unspecified atom stereocenters. The zero-order valence-corrected chi connectivity index (χ0v) is 66.3. The van der Waals surface area contributed by atoms with Crippen molar-refractivity contribution in [2.24, 2.45) is 0 Å². The number of fused-ring (bicyclic) bond motifs is 3. The first-order valence-corrected chi connectivity index (χ1v) is 37.6. The van der Waals surface area contributed by atoms with Crippen LogP contribution >= 0.6 is 69.3 Å². The number of likely N-dealkylation sites (tertiary alicyclic amines) is 1. The van der Waals surface area contributed by atoms with E-state index >= 15 is 0 Å². The van der Waals surface area contributed by atoms with Gasteiger partial charge in [-0.2, -0.15) is 15.0 Å². The number of methoxy groups -OCH3 is 3. The standard InChI is InChI=1S/C24H23Cl2NO3S.C23H23ClN2O5.C22H20Cl2N4O4.C9H18N6/c1-30-21-13-12-18(15-19(21)26)27(23(29)16-25)24(22-11-6-14-31-22)20(28)10-5-9-17-7-3-2-4-8-17;1-30-22(28)14-9-7-13(8-10-14)21-20-16(15-5-3-4-6-17(15)25-20)11-18(23(29)31-2)26(21)19(27)12-24;1-14-20(28(30)31)19(25-32-14)22(29)27-12-10-26(11-13-27)21(15-2-6-17(23)7-3-15)16-4-8-18(24)9-5-16;1-13(2)7-10-8(14(3)4)12-9(11-7)15(5)6/h2-4,6-8,11-15,24H,5,9-10,16H2,1H3;3-10,16,18,20-21,25H,11-12H2,1-2H3;2-9,21H,10-13H2,1H3;1-6H3/t;16?,18-,20?,21+;;/m.1../s1. The molecule has 0 bridgehead atoms. The van der Waals surface area contributed by atoms with Crippen LogP contribution in [0.1, 0.15) is 103 Å². The van der Waals surface area contributed by atoms with Gasteiger partial charge in [-0.3, -0.25) is 39.1 Å². The summed E-state index contributed by atoms with van der Waals surface area (Å²) in [6.07, 6.45) is 2.26. The van der Waals surface area contributed by atoms with Crippen molar-refractivity contribution in [1.82, 2.24) is 34.8 Å². The molecule has 6 aromatic carbocycles. The summed E-state index contributed by atoms with van der Waals surface area (Å²) in [6, 6.07) is 46.8. The number of thiophene rings is 1. The number of ether oxygens (including phenoxy) is 3. The molecule has 0 spiro atoms. The van der Waals surface area contributed by atoms with Crippen LogP contribution in [0, 0.1) is 17.0 Å². The minimum Gasteiger partial charge on any atom is -0.495 e. The lowest BCUT2D eigenvalue weighted by Crippen LogP contribution is -2.57. The van der Waals surface area contributed by atoms with Gasteiger partial charge < -0.3 is 48.6 Å². The number of carbonyl (C=O) groups excluding carboxylic acids is 6. The molecule has 0 saturated carbocycles. The number of anilines is 5. The molecule has 1 N–H and O–H groups in total. The number of amides is 3. The van der Waals surface area contributed by atoms with E-state index in [1.165, 1.54) is 55.0 Å². The number of alkyl halides is 2. The summed E-state index contributed by atoms with van der Waals surface area (Å²) in [5, 5.41) is 22.0. The maximum Gasteiger partial charge on any atom is 0.344 e. The van der Waals surface area contributed by atoms with Crippen molar-refractivity contribution in [3.05, 3.63) is 238 Å². The number of halogens is 5. The lowest BCUT2D eigenvalue weighted by Gasteiger charge is -2.47. The van der Waals surface area contributed by atoms with E-state index in [2.05, 4.69) is 30.3 Å². The van der Waals surface area contributed by atoms with Gasteiger partial charge in [0.2, 0.25) is 41.1 Å². The topological polar surface area (TPSA) is 273 Å². The van der Waals surface area contributed by atoms with Gasteiger partial charge in [-0.15, -0.1) is 34.5 Å². The summed E-state index contributed by atoms with van der Waals surface area (Å²) < 4.78 is 19.9. The SMILES string of the molecule is CN(C)c1nc(N(C)C)nc(N(C)C)n1.COC(=O)c1ccc([C@H]2C3Nc4ccccc4C3C[C@H](C(=O)OC)N2C(=O)CCl)cc1.COc1ccc(N(C(=O)CCl)C(C(=O)CCCc2ccccc2)c2cccs2)cc1Cl.Cc1onc(C(=O)N2CCN(C(c3ccc(Cl)cc3)c3ccc(Cl)cc3)CC2)c1[N+](=O)[O-]. The number of nitrogens with zero attached hydrogens (tertiary/aromatic N) is 12. The molecule has 6 heterocycles. The van der Waals surface area contributed by atoms with E-state index in [0.29, 0.717) is 95.4 Å². The van der Waals surface area contributed by atoms with Crippen LogP contribution in [0.4, 0.5) is 34.9 Å². The van der Waals surface area contributed by atoms with E-state index in [1.807, 2.05) is 178 Å². The van der Waals surface area contributed by atoms with Crippen molar-refractivity contribution in [3.63, 3.8) is 0 Å². The number of benzene rings is 6. The highest BCUT2D eigenvalue weighted by Crippen LogP contribution is 2.50. The molecule has 2 saturated heterocycles. The van der Waals surface area contributed by atoms with Crippen molar-refractivity contribution < 1.29 is 52.4 Å². The predicted molar refractivity (Wildman–Crippen MR) is 426 cm³/mol. The first-order valence-electron chi connectivity index (χ1n) is 34.5. The molecule has 2 fully saturated rings. The highest BCUT2D eigenvalue weighted by molar-refractivity contribution is 7.10. The average molecular weight is 1600 g/mol.